The van der Waals surface area contributed by atoms with Crippen molar-refractivity contribution in [3.8, 4) is 0 Å². The molecule has 2 N–H and O–H groups in total. The van der Waals surface area contributed by atoms with Crippen LogP contribution in [0.3, 0.4) is 0 Å². The highest BCUT2D eigenvalue weighted by Crippen LogP contribution is 2.23. The van der Waals surface area contributed by atoms with Crippen molar-refractivity contribution >= 4 is 23.0 Å². The minimum Gasteiger partial charge on any atom is -0.372 e. The molecule has 0 radical (unpaired) electrons. The lowest BCUT2D eigenvalue weighted by Crippen LogP contribution is -2.03. The van der Waals surface area contributed by atoms with Gasteiger partial charge in [-0.2, -0.15) is 0 Å². The Morgan fingerprint density at radius 1 is 1.25 bits per heavy atom. The summed E-state index contributed by atoms with van der Waals surface area (Å²) < 4.78 is 1.95. The highest BCUT2D eigenvalue weighted by molar-refractivity contribution is 5.73. The number of rotatable bonds is 4. The van der Waals surface area contributed by atoms with Crippen LogP contribution in [0.2, 0.25) is 0 Å². The van der Waals surface area contributed by atoms with Gasteiger partial charge >= 0.3 is 0 Å². The molecule has 102 valence electrons. The highest BCUT2D eigenvalue weighted by atomic mass is 15.1. The first-order valence-electron chi connectivity index (χ1n) is 6.68. The summed E-state index contributed by atoms with van der Waals surface area (Å²) in [6.45, 7) is 2.14. The van der Waals surface area contributed by atoms with Gasteiger partial charge in [0.25, 0.3) is 0 Å². The third kappa shape index (κ3) is 2.18. The van der Waals surface area contributed by atoms with Crippen molar-refractivity contribution in [2.45, 2.75) is 13.3 Å². The number of fused-ring (bicyclic) bond motifs is 1. The Kier molecular flexibility index (Phi) is 3.25. The van der Waals surface area contributed by atoms with E-state index in [9.17, 15) is 0 Å². The van der Waals surface area contributed by atoms with Crippen LogP contribution in [0, 0.1) is 0 Å². The summed E-state index contributed by atoms with van der Waals surface area (Å²) in [5, 5.41) is 6.46. The SMILES string of the molecule is CCc1ccccc1Nc1nc(NC)cn2ccnc12. The van der Waals surface area contributed by atoms with Crippen LogP contribution in [-0.4, -0.2) is 21.4 Å². The molecule has 2 heterocycles. The van der Waals surface area contributed by atoms with E-state index in [0.717, 1.165) is 29.4 Å². The smallest absolute Gasteiger partial charge is 0.180 e. The van der Waals surface area contributed by atoms with Gasteiger partial charge in [-0.25, -0.2) is 9.97 Å². The first kappa shape index (κ1) is 12.5. The highest BCUT2D eigenvalue weighted by Gasteiger charge is 2.08. The quantitative estimate of drug-likeness (QED) is 0.762. The molecule has 0 atom stereocenters. The van der Waals surface area contributed by atoms with Crippen LogP contribution >= 0.6 is 0 Å². The van der Waals surface area contributed by atoms with Gasteiger partial charge in [-0.3, -0.25) is 0 Å². The maximum atomic E-state index is 4.56. The summed E-state index contributed by atoms with van der Waals surface area (Å²) >= 11 is 0. The van der Waals surface area contributed by atoms with Crippen molar-refractivity contribution in [3.05, 3.63) is 48.4 Å². The van der Waals surface area contributed by atoms with Gasteiger partial charge in [0, 0.05) is 25.1 Å². The Morgan fingerprint density at radius 2 is 2.10 bits per heavy atom. The van der Waals surface area contributed by atoms with E-state index in [1.807, 2.05) is 36.0 Å². The molecule has 3 aromatic rings. The number of hydrogen-bond donors (Lipinski definition) is 2. The van der Waals surface area contributed by atoms with E-state index in [-0.39, 0.29) is 0 Å². The lowest BCUT2D eigenvalue weighted by atomic mass is 10.1. The van der Waals surface area contributed by atoms with Gasteiger partial charge in [-0.15, -0.1) is 0 Å². The molecule has 5 heteroatoms. The van der Waals surface area contributed by atoms with Gasteiger partial charge < -0.3 is 15.0 Å². The van der Waals surface area contributed by atoms with Gasteiger partial charge in [0.1, 0.15) is 5.82 Å². The van der Waals surface area contributed by atoms with Gasteiger partial charge in [0.05, 0.1) is 6.20 Å². The van der Waals surface area contributed by atoms with Gasteiger partial charge in [0.15, 0.2) is 11.5 Å². The molecule has 0 unspecified atom stereocenters. The molecular weight excluding hydrogens is 250 g/mol. The Bertz CT molecular complexity index is 732. The molecule has 3 rings (SSSR count). The van der Waals surface area contributed by atoms with Crippen LogP contribution in [0.4, 0.5) is 17.3 Å². The Balaban J connectivity index is 2.07. The van der Waals surface area contributed by atoms with Crippen molar-refractivity contribution in [2.75, 3.05) is 17.7 Å². The van der Waals surface area contributed by atoms with Gasteiger partial charge in [0.2, 0.25) is 0 Å². The number of imidazole rings is 1. The fourth-order valence-corrected chi connectivity index (χ4v) is 2.21. The first-order valence-corrected chi connectivity index (χ1v) is 6.68. The molecule has 2 aromatic heterocycles. The molecule has 0 aliphatic carbocycles. The van der Waals surface area contributed by atoms with Gasteiger partial charge in [-0.05, 0) is 18.1 Å². The number of para-hydroxylation sites is 1. The van der Waals surface area contributed by atoms with E-state index in [1.165, 1.54) is 5.56 Å². The molecule has 0 saturated heterocycles. The standard InChI is InChI=1S/C15H17N5/c1-3-11-6-4-5-7-12(11)18-14-15-17-8-9-20(15)10-13(16-2)19-14/h4-10,16H,3H2,1-2H3,(H,18,19). The molecule has 20 heavy (non-hydrogen) atoms. The maximum absolute atomic E-state index is 4.56. The van der Waals surface area contributed by atoms with E-state index < -0.39 is 0 Å². The predicted octanol–water partition coefficient (Wildman–Crippen LogP) is 3.08. The minimum atomic E-state index is 0.753. The Hall–Kier alpha value is -2.56. The zero-order chi connectivity index (χ0) is 13.9. The third-order valence-corrected chi connectivity index (χ3v) is 3.28. The Morgan fingerprint density at radius 3 is 2.90 bits per heavy atom. The van der Waals surface area contributed by atoms with E-state index in [4.69, 9.17) is 0 Å². The number of aryl methyl sites for hydroxylation is 1. The summed E-state index contributed by atoms with van der Waals surface area (Å²) in [5.41, 5.74) is 3.14. The van der Waals surface area contributed by atoms with Crippen molar-refractivity contribution in [3.63, 3.8) is 0 Å². The average Bonchev–Trinajstić information content (AvgIpc) is 2.96. The van der Waals surface area contributed by atoms with E-state index >= 15 is 0 Å². The molecule has 0 aliphatic rings. The second kappa shape index (κ2) is 5.21. The summed E-state index contributed by atoms with van der Waals surface area (Å²) in [5.74, 6) is 1.55. The van der Waals surface area contributed by atoms with Crippen LogP contribution in [-0.2, 0) is 6.42 Å². The topological polar surface area (TPSA) is 54.2 Å². The van der Waals surface area contributed by atoms with Gasteiger partial charge in [-0.1, -0.05) is 25.1 Å². The number of nitrogens with one attached hydrogen (secondary N) is 2. The number of benzene rings is 1. The minimum absolute atomic E-state index is 0.753. The summed E-state index contributed by atoms with van der Waals surface area (Å²) in [6.07, 6.45) is 6.57. The van der Waals surface area contributed by atoms with Crippen LogP contribution in [0.15, 0.2) is 42.9 Å². The molecule has 1 aromatic carbocycles. The molecule has 0 bridgehead atoms. The second-order valence-electron chi connectivity index (χ2n) is 4.52. The monoisotopic (exact) mass is 267 g/mol. The van der Waals surface area contributed by atoms with E-state index in [0.29, 0.717) is 0 Å². The lowest BCUT2D eigenvalue weighted by Gasteiger charge is -2.12. The molecular formula is C15H17N5. The maximum Gasteiger partial charge on any atom is 0.180 e. The van der Waals surface area contributed by atoms with E-state index in [2.05, 4.69) is 39.7 Å². The largest absolute Gasteiger partial charge is 0.372 e. The molecule has 5 nitrogen and oxygen atoms in total. The van der Waals surface area contributed by atoms with Crippen LogP contribution < -0.4 is 10.6 Å². The fraction of sp³-hybridized carbons (Fsp3) is 0.200. The molecule has 0 aliphatic heterocycles. The second-order valence-corrected chi connectivity index (χ2v) is 4.52. The van der Waals surface area contributed by atoms with Crippen molar-refractivity contribution in [1.29, 1.82) is 0 Å². The lowest BCUT2D eigenvalue weighted by molar-refractivity contribution is 1.11. The number of aromatic nitrogens is 3. The van der Waals surface area contributed by atoms with Crippen molar-refractivity contribution in [1.82, 2.24) is 14.4 Å². The van der Waals surface area contributed by atoms with Crippen LogP contribution in [0.1, 0.15) is 12.5 Å². The number of anilines is 3. The molecule has 0 spiro atoms. The summed E-state index contributed by atoms with van der Waals surface area (Å²) in [6, 6.07) is 8.25. The predicted molar refractivity (Wildman–Crippen MR) is 81.6 cm³/mol. The molecule has 0 fully saturated rings. The third-order valence-electron chi connectivity index (χ3n) is 3.28. The molecule has 0 saturated carbocycles. The summed E-state index contributed by atoms with van der Waals surface area (Å²) in [7, 11) is 1.86. The normalized spacial score (nSPS) is 10.7. The summed E-state index contributed by atoms with van der Waals surface area (Å²) in [4.78, 5) is 8.91. The average molecular weight is 267 g/mol. The van der Waals surface area contributed by atoms with Crippen molar-refractivity contribution < 1.29 is 0 Å². The zero-order valence-electron chi connectivity index (χ0n) is 11.6. The fourth-order valence-electron chi connectivity index (χ4n) is 2.21. The number of hydrogen-bond acceptors (Lipinski definition) is 4. The van der Waals surface area contributed by atoms with Crippen LogP contribution in [0.25, 0.3) is 5.65 Å². The number of nitrogens with zero attached hydrogens (tertiary/aromatic N) is 3. The van der Waals surface area contributed by atoms with E-state index in [1.54, 1.807) is 6.20 Å². The zero-order valence-corrected chi connectivity index (χ0v) is 11.6. The first-order chi connectivity index (χ1) is 9.81. The Labute approximate surface area is 117 Å². The van der Waals surface area contributed by atoms with Crippen LogP contribution in [0.5, 0.6) is 0 Å². The molecule has 0 amide bonds. The van der Waals surface area contributed by atoms with Crippen molar-refractivity contribution in [2.24, 2.45) is 0 Å².